The Morgan fingerprint density at radius 2 is 1.69 bits per heavy atom. The van der Waals surface area contributed by atoms with Gasteiger partial charge in [0, 0.05) is 49.3 Å². The van der Waals surface area contributed by atoms with Gasteiger partial charge in [-0.25, -0.2) is 9.97 Å². The van der Waals surface area contributed by atoms with E-state index in [0.717, 1.165) is 60.3 Å². The van der Waals surface area contributed by atoms with Crippen molar-refractivity contribution in [3.05, 3.63) is 66.5 Å². The van der Waals surface area contributed by atoms with Gasteiger partial charge in [0.25, 0.3) is 0 Å². The standard InChI is InChI=1S/C21H23N5/c1-16-3-2-4-20(24-16)25-19-8-5-17(6-9-19)18-7-10-21(23-15-18)26-13-11-22-12-14-26/h2-10,15,22H,11-14H2,1H3,(H,24,25). The van der Waals surface area contributed by atoms with E-state index in [-0.39, 0.29) is 0 Å². The molecule has 1 aliphatic heterocycles. The topological polar surface area (TPSA) is 53.1 Å². The third kappa shape index (κ3) is 3.83. The highest BCUT2D eigenvalue weighted by Crippen LogP contribution is 2.24. The van der Waals surface area contributed by atoms with Crippen molar-refractivity contribution >= 4 is 17.3 Å². The van der Waals surface area contributed by atoms with E-state index in [0.29, 0.717) is 0 Å². The molecule has 0 saturated carbocycles. The fraction of sp³-hybridized carbons (Fsp3) is 0.238. The van der Waals surface area contributed by atoms with Gasteiger partial charge in [-0.2, -0.15) is 0 Å². The summed E-state index contributed by atoms with van der Waals surface area (Å²) < 4.78 is 0. The van der Waals surface area contributed by atoms with Crippen molar-refractivity contribution in [3.8, 4) is 11.1 Å². The highest BCUT2D eigenvalue weighted by molar-refractivity contribution is 5.68. The molecule has 3 heterocycles. The molecule has 0 atom stereocenters. The van der Waals surface area contributed by atoms with E-state index in [1.54, 1.807) is 0 Å². The van der Waals surface area contributed by atoms with Crippen molar-refractivity contribution in [1.29, 1.82) is 0 Å². The van der Waals surface area contributed by atoms with Gasteiger partial charge in [0.05, 0.1) is 0 Å². The predicted molar refractivity (Wildman–Crippen MR) is 107 cm³/mol. The van der Waals surface area contributed by atoms with Gasteiger partial charge in [0.15, 0.2) is 0 Å². The smallest absolute Gasteiger partial charge is 0.130 e. The molecule has 5 heteroatoms. The molecule has 2 aromatic heterocycles. The zero-order chi connectivity index (χ0) is 17.8. The first-order valence-electron chi connectivity index (χ1n) is 9.01. The summed E-state index contributed by atoms with van der Waals surface area (Å²) in [5.41, 5.74) is 4.32. The third-order valence-electron chi connectivity index (χ3n) is 4.57. The van der Waals surface area contributed by atoms with Crippen LogP contribution in [-0.2, 0) is 0 Å². The molecule has 0 aliphatic carbocycles. The molecule has 0 radical (unpaired) electrons. The first-order valence-corrected chi connectivity index (χ1v) is 9.01. The number of piperazine rings is 1. The van der Waals surface area contributed by atoms with Crippen LogP contribution in [0, 0.1) is 6.92 Å². The molecule has 1 saturated heterocycles. The monoisotopic (exact) mass is 345 g/mol. The normalized spacial score (nSPS) is 14.3. The summed E-state index contributed by atoms with van der Waals surface area (Å²) >= 11 is 0. The number of anilines is 3. The summed E-state index contributed by atoms with van der Waals surface area (Å²) in [6.45, 7) is 6.06. The molecule has 2 N–H and O–H groups in total. The van der Waals surface area contributed by atoms with E-state index < -0.39 is 0 Å². The molecule has 0 amide bonds. The Morgan fingerprint density at radius 3 is 2.38 bits per heavy atom. The quantitative estimate of drug-likeness (QED) is 0.757. The molecule has 1 aromatic carbocycles. The van der Waals surface area contributed by atoms with Gasteiger partial charge in [-0.3, -0.25) is 0 Å². The van der Waals surface area contributed by atoms with Crippen LogP contribution in [-0.4, -0.2) is 36.1 Å². The Bertz CT molecular complexity index is 852. The Morgan fingerprint density at radius 1 is 0.923 bits per heavy atom. The minimum Gasteiger partial charge on any atom is -0.354 e. The molecule has 0 spiro atoms. The second kappa shape index (κ2) is 7.54. The third-order valence-corrected chi connectivity index (χ3v) is 4.57. The molecule has 5 nitrogen and oxygen atoms in total. The number of hydrogen-bond donors (Lipinski definition) is 2. The lowest BCUT2D eigenvalue weighted by atomic mass is 10.1. The fourth-order valence-electron chi connectivity index (χ4n) is 3.14. The number of nitrogens with zero attached hydrogens (tertiary/aromatic N) is 3. The summed E-state index contributed by atoms with van der Waals surface area (Å²) in [4.78, 5) is 11.4. The Hall–Kier alpha value is -2.92. The maximum absolute atomic E-state index is 4.65. The Kier molecular flexibility index (Phi) is 4.80. The number of hydrogen-bond acceptors (Lipinski definition) is 5. The van der Waals surface area contributed by atoms with Gasteiger partial charge in [-0.05, 0) is 48.9 Å². The number of aromatic nitrogens is 2. The van der Waals surface area contributed by atoms with Gasteiger partial charge in [-0.15, -0.1) is 0 Å². The number of rotatable bonds is 4. The van der Waals surface area contributed by atoms with Crippen LogP contribution >= 0.6 is 0 Å². The van der Waals surface area contributed by atoms with Crippen LogP contribution in [0.2, 0.25) is 0 Å². The number of aryl methyl sites for hydroxylation is 1. The first kappa shape index (κ1) is 16.5. The van der Waals surface area contributed by atoms with E-state index in [9.17, 15) is 0 Å². The van der Waals surface area contributed by atoms with E-state index in [1.165, 1.54) is 0 Å². The van der Waals surface area contributed by atoms with Crippen LogP contribution in [0.4, 0.5) is 17.3 Å². The lowest BCUT2D eigenvalue weighted by Gasteiger charge is -2.28. The van der Waals surface area contributed by atoms with Crippen LogP contribution < -0.4 is 15.5 Å². The zero-order valence-electron chi connectivity index (χ0n) is 14.9. The maximum Gasteiger partial charge on any atom is 0.130 e. The van der Waals surface area contributed by atoms with Crippen LogP contribution in [0.25, 0.3) is 11.1 Å². The summed E-state index contributed by atoms with van der Waals surface area (Å²) in [6, 6.07) is 18.6. The van der Waals surface area contributed by atoms with E-state index in [4.69, 9.17) is 0 Å². The Balaban J connectivity index is 1.46. The molecule has 0 bridgehead atoms. The largest absolute Gasteiger partial charge is 0.354 e. The zero-order valence-corrected chi connectivity index (χ0v) is 14.9. The van der Waals surface area contributed by atoms with Crippen molar-refractivity contribution in [3.63, 3.8) is 0 Å². The molecule has 0 unspecified atom stereocenters. The summed E-state index contributed by atoms with van der Waals surface area (Å²) in [7, 11) is 0. The van der Waals surface area contributed by atoms with Crippen molar-refractivity contribution in [1.82, 2.24) is 15.3 Å². The molecule has 1 fully saturated rings. The SMILES string of the molecule is Cc1cccc(Nc2ccc(-c3ccc(N4CCNCC4)nc3)cc2)n1. The van der Waals surface area contributed by atoms with Crippen molar-refractivity contribution in [2.24, 2.45) is 0 Å². The maximum atomic E-state index is 4.65. The predicted octanol–water partition coefficient (Wildman–Crippen LogP) is 3.61. The molecule has 1 aliphatic rings. The number of nitrogens with one attached hydrogen (secondary N) is 2. The minimum absolute atomic E-state index is 0.861. The molecular formula is C21H23N5. The van der Waals surface area contributed by atoms with Crippen molar-refractivity contribution < 1.29 is 0 Å². The average molecular weight is 345 g/mol. The van der Waals surface area contributed by atoms with Crippen molar-refractivity contribution in [2.75, 3.05) is 36.4 Å². The van der Waals surface area contributed by atoms with E-state index in [2.05, 4.69) is 61.9 Å². The number of benzene rings is 1. The van der Waals surface area contributed by atoms with Gasteiger partial charge in [0.1, 0.15) is 11.6 Å². The molecule has 132 valence electrons. The second-order valence-electron chi connectivity index (χ2n) is 6.51. The van der Waals surface area contributed by atoms with Crippen LogP contribution in [0.15, 0.2) is 60.8 Å². The lowest BCUT2D eigenvalue weighted by Crippen LogP contribution is -2.43. The van der Waals surface area contributed by atoms with Gasteiger partial charge >= 0.3 is 0 Å². The van der Waals surface area contributed by atoms with Crippen LogP contribution in [0.3, 0.4) is 0 Å². The van der Waals surface area contributed by atoms with Crippen LogP contribution in [0.5, 0.6) is 0 Å². The van der Waals surface area contributed by atoms with E-state index in [1.807, 2.05) is 31.3 Å². The lowest BCUT2D eigenvalue weighted by molar-refractivity contribution is 0.585. The average Bonchev–Trinajstić information content (AvgIpc) is 2.70. The van der Waals surface area contributed by atoms with Crippen LogP contribution in [0.1, 0.15) is 5.69 Å². The first-order chi connectivity index (χ1) is 12.8. The highest BCUT2D eigenvalue weighted by atomic mass is 15.2. The molecule has 4 rings (SSSR count). The molecular weight excluding hydrogens is 322 g/mol. The fourth-order valence-corrected chi connectivity index (χ4v) is 3.14. The van der Waals surface area contributed by atoms with Gasteiger partial charge in [-0.1, -0.05) is 18.2 Å². The minimum atomic E-state index is 0.861. The summed E-state index contributed by atoms with van der Waals surface area (Å²) in [5.74, 6) is 1.92. The van der Waals surface area contributed by atoms with Gasteiger partial charge < -0.3 is 15.5 Å². The molecule has 26 heavy (non-hydrogen) atoms. The van der Waals surface area contributed by atoms with Crippen molar-refractivity contribution in [2.45, 2.75) is 6.92 Å². The summed E-state index contributed by atoms with van der Waals surface area (Å²) in [5, 5.41) is 6.70. The number of pyridine rings is 2. The second-order valence-corrected chi connectivity index (χ2v) is 6.51. The summed E-state index contributed by atoms with van der Waals surface area (Å²) in [6.07, 6.45) is 1.96. The van der Waals surface area contributed by atoms with E-state index >= 15 is 0 Å². The van der Waals surface area contributed by atoms with Gasteiger partial charge in [0.2, 0.25) is 0 Å². The Labute approximate surface area is 154 Å². The molecule has 3 aromatic rings. The highest BCUT2D eigenvalue weighted by Gasteiger charge is 2.11.